The second kappa shape index (κ2) is 8.53. The molecule has 1 heterocycles. The van der Waals surface area contributed by atoms with Crippen molar-refractivity contribution in [2.45, 2.75) is 20.3 Å². The molecule has 0 saturated carbocycles. The molecule has 0 atom stereocenters. The summed E-state index contributed by atoms with van der Waals surface area (Å²) in [4.78, 5) is 10.5. The third kappa shape index (κ3) is 4.55. The lowest BCUT2D eigenvalue weighted by molar-refractivity contribution is 0.154. The van der Waals surface area contributed by atoms with Crippen LogP contribution in [0.2, 0.25) is 0 Å². The number of nitrogens with one attached hydrogen (secondary N) is 1. The Morgan fingerprint density at radius 2 is 2.11 bits per heavy atom. The van der Waals surface area contributed by atoms with Crippen LogP contribution >= 0.6 is 0 Å². The number of likely N-dealkylation sites (N-methyl/N-ethyl adjacent to an activating group) is 1. The molecular weight excluding hydrogens is 244 g/mol. The first-order chi connectivity index (χ1) is 9.24. The van der Waals surface area contributed by atoms with Gasteiger partial charge in [-0.3, -0.25) is 0 Å². The van der Waals surface area contributed by atoms with E-state index in [9.17, 15) is 0 Å². The van der Waals surface area contributed by atoms with Crippen LogP contribution in [0.25, 0.3) is 0 Å². The van der Waals surface area contributed by atoms with E-state index < -0.39 is 0 Å². The molecular formula is C13H24N4O2. The van der Waals surface area contributed by atoms with Crippen LogP contribution in [0.1, 0.15) is 20.3 Å². The van der Waals surface area contributed by atoms with Crippen LogP contribution in [0.5, 0.6) is 5.75 Å². The second-order valence-corrected chi connectivity index (χ2v) is 4.12. The smallest absolute Gasteiger partial charge is 0.204 e. The minimum Gasteiger partial charge on any atom is -0.490 e. The molecule has 0 radical (unpaired) electrons. The number of aromatic nitrogens is 2. The molecule has 1 rings (SSSR count). The molecule has 19 heavy (non-hydrogen) atoms. The van der Waals surface area contributed by atoms with Crippen molar-refractivity contribution < 1.29 is 9.47 Å². The summed E-state index contributed by atoms with van der Waals surface area (Å²) in [6.45, 7) is 7.09. The average Bonchev–Trinajstić information content (AvgIpc) is 2.44. The van der Waals surface area contributed by atoms with Crippen molar-refractivity contribution in [2.75, 3.05) is 50.7 Å². The van der Waals surface area contributed by atoms with E-state index in [0.29, 0.717) is 12.4 Å². The predicted molar refractivity (Wildman–Crippen MR) is 77.1 cm³/mol. The van der Waals surface area contributed by atoms with Crippen LogP contribution in [0.3, 0.4) is 0 Å². The highest BCUT2D eigenvalue weighted by atomic mass is 16.5. The minimum absolute atomic E-state index is 0.665. The highest BCUT2D eigenvalue weighted by molar-refractivity contribution is 5.64. The van der Waals surface area contributed by atoms with Gasteiger partial charge >= 0.3 is 0 Å². The topological polar surface area (TPSA) is 59.5 Å². The predicted octanol–water partition coefficient (Wildman–Crippen LogP) is 1.78. The molecule has 0 aliphatic heterocycles. The zero-order valence-electron chi connectivity index (χ0n) is 12.3. The Morgan fingerprint density at radius 3 is 2.74 bits per heavy atom. The van der Waals surface area contributed by atoms with E-state index in [-0.39, 0.29) is 0 Å². The molecule has 6 heteroatoms. The first-order valence-corrected chi connectivity index (χ1v) is 6.66. The first kappa shape index (κ1) is 15.5. The zero-order chi connectivity index (χ0) is 14.1. The standard InChI is InChI=1S/C13H24N4O2/c1-5-7-14-12-11(18-4)13(16-10-15-12)17(3)8-9-19-6-2/h10H,5-9H2,1-4H3,(H,14,15,16). The summed E-state index contributed by atoms with van der Waals surface area (Å²) in [6, 6.07) is 0. The monoisotopic (exact) mass is 268 g/mol. The van der Waals surface area contributed by atoms with Gasteiger partial charge in [0, 0.05) is 26.7 Å². The van der Waals surface area contributed by atoms with Crippen LogP contribution in [-0.2, 0) is 4.74 Å². The van der Waals surface area contributed by atoms with E-state index in [2.05, 4.69) is 22.2 Å². The van der Waals surface area contributed by atoms with E-state index in [1.807, 2.05) is 18.9 Å². The maximum atomic E-state index is 5.43. The maximum Gasteiger partial charge on any atom is 0.204 e. The van der Waals surface area contributed by atoms with Crippen LogP contribution in [0.4, 0.5) is 11.6 Å². The van der Waals surface area contributed by atoms with Gasteiger partial charge in [-0.15, -0.1) is 0 Å². The van der Waals surface area contributed by atoms with E-state index in [1.165, 1.54) is 0 Å². The highest BCUT2D eigenvalue weighted by Gasteiger charge is 2.15. The summed E-state index contributed by atoms with van der Waals surface area (Å²) >= 11 is 0. The lowest BCUT2D eigenvalue weighted by Crippen LogP contribution is -2.24. The number of hydrogen-bond acceptors (Lipinski definition) is 6. The molecule has 0 spiro atoms. The normalized spacial score (nSPS) is 10.3. The van der Waals surface area contributed by atoms with Crippen molar-refractivity contribution in [3.8, 4) is 5.75 Å². The second-order valence-electron chi connectivity index (χ2n) is 4.12. The lowest BCUT2D eigenvalue weighted by Gasteiger charge is -2.21. The summed E-state index contributed by atoms with van der Waals surface area (Å²) < 4.78 is 10.8. The van der Waals surface area contributed by atoms with Gasteiger partial charge in [-0.05, 0) is 13.3 Å². The molecule has 0 aliphatic carbocycles. The van der Waals surface area contributed by atoms with Gasteiger partial charge in [-0.2, -0.15) is 0 Å². The van der Waals surface area contributed by atoms with Crippen LogP contribution < -0.4 is 15.0 Å². The van der Waals surface area contributed by atoms with Gasteiger partial charge in [-0.25, -0.2) is 9.97 Å². The van der Waals surface area contributed by atoms with Gasteiger partial charge in [0.1, 0.15) is 6.33 Å². The Morgan fingerprint density at radius 1 is 1.32 bits per heavy atom. The molecule has 0 amide bonds. The van der Waals surface area contributed by atoms with Crippen molar-refractivity contribution in [2.24, 2.45) is 0 Å². The number of ether oxygens (including phenoxy) is 2. The van der Waals surface area contributed by atoms with Crippen molar-refractivity contribution in [1.29, 1.82) is 0 Å². The highest BCUT2D eigenvalue weighted by Crippen LogP contribution is 2.30. The van der Waals surface area contributed by atoms with Gasteiger partial charge in [-0.1, -0.05) is 6.92 Å². The summed E-state index contributed by atoms with van der Waals surface area (Å²) in [6.07, 6.45) is 2.58. The average molecular weight is 268 g/mol. The Hall–Kier alpha value is -1.56. The van der Waals surface area contributed by atoms with Crippen molar-refractivity contribution >= 4 is 11.6 Å². The summed E-state index contributed by atoms with van der Waals surface area (Å²) in [5.74, 6) is 2.18. The SMILES string of the molecule is CCCNc1ncnc(N(C)CCOCC)c1OC. The summed E-state index contributed by atoms with van der Waals surface area (Å²) in [7, 11) is 3.60. The molecule has 0 saturated heterocycles. The minimum atomic E-state index is 0.665. The number of anilines is 2. The molecule has 1 N–H and O–H groups in total. The molecule has 1 aromatic heterocycles. The molecule has 6 nitrogen and oxygen atoms in total. The first-order valence-electron chi connectivity index (χ1n) is 6.66. The quantitative estimate of drug-likeness (QED) is 0.689. The van der Waals surface area contributed by atoms with Crippen LogP contribution in [-0.4, -0.2) is 50.4 Å². The molecule has 0 aromatic carbocycles. The van der Waals surface area contributed by atoms with Crippen LogP contribution in [0.15, 0.2) is 6.33 Å². The van der Waals surface area contributed by atoms with Gasteiger partial charge in [0.25, 0.3) is 0 Å². The largest absolute Gasteiger partial charge is 0.490 e. The molecule has 0 bridgehead atoms. The Bertz CT molecular complexity index is 374. The molecule has 1 aromatic rings. The van der Waals surface area contributed by atoms with Gasteiger partial charge in [0.15, 0.2) is 11.6 Å². The van der Waals surface area contributed by atoms with Crippen LogP contribution in [0, 0.1) is 0 Å². The maximum absolute atomic E-state index is 5.43. The Labute approximate surface area is 115 Å². The third-order valence-electron chi connectivity index (χ3n) is 2.67. The van der Waals surface area contributed by atoms with Gasteiger partial charge in [0.2, 0.25) is 5.75 Å². The summed E-state index contributed by atoms with van der Waals surface area (Å²) in [5.41, 5.74) is 0. The summed E-state index contributed by atoms with van der Waals surface area (Å²) in [5, 5.41) is 3.24. The van der Waals surface area contributed by atoms with Crippen molar-refractivity contribution in [1.82, 2.24) is 9.97 Å². The number of nitrogens with zero attached hydrogens (tertiary/aromatic N) is 3. The van der Waals surface area contributed by atoms with E-state index in [1.54, 1.807) is 13.4 Å². The zero-order valence-corrected chi connectivity index (χ0v) is 12.3. The number of hydrogen-bond donors (Lipinski definition) is 1. The van der Waals surface area contributed by atoms with E-state index in [0.717, 1.165) is 37.8 Å². The fourth-order valence-corrected chi connectivity index (χ4v) is 1.65. The molecule has 0 unspecified atom stereocenters. The van der Waals surface area contributed by atoms with Crippen molar-refractivity contribution in [3.63, 3.8) is 0 Å². The molecule has 108 valence electrons. The lowest BCUT2D eigenvalue weighted by atomic mass is 10.4. The van der Waals surface area contributed by atoms with E-state index in [4.69, 9.17) is 9.47 Å². The van der Waals surface area contributed by atoms with Crippen molar-refractivity contribution in [3.05, 3.63) is 6.33 Å². The van der Waals surface area contributed by atoms with Gasteiger partial charge < -0.3 is 19.7 Å². The third-order valence-corrected chi connectivity index (χ3v) is 2.67. The van der Waals surface area contributed by atoms with Gasteiger partial charge in [0.05, 0.1) is 13.7 Å². The fourth-order valence-electron chi connectivity index (χ4n) is 1.65. The Balaban J connectivity index is 2.80. The molecule has 0 aliphatic rings. The fraction of sp³-hybridized carbons (Fsp3) is 0.692. The molecule has 0 fully saturated rings. The number of rotatable bonds is 9. The number of methoxy groups -OCH3 is 1. The van der Waals surface area contributed by atoms with E-state index >= 15 is 0 Å². The Kier molecular flexibility index (Phi) is 6.95.